The summed E-state index contributed by atoms with van der Waals surface area (Å²) in [6.45, 7) is 6.84. The molecule has 2 N–H and O–H groups in total. The van der Waals surface area contributed by atoms with E-state index in [4.69, 9.17) is 4.74 Å². The van der Waals surface area contributed by atoms with Gasteiger partial charge in [0.15, 0.2) is 5.82 Å². The Bertz CT molecular complexity index is 740. The summed E-state index contributed by atoms with van der Waals surface area (Å²) in [5, 5.41) is 9.53. The van der Waals surface area contributed by atoms with Crippen LogP contribution in [0.3, 0.4) is 0 Å². The van der Waals surface area contributed by atoms with Crippen molar-refractivity contribution >= 4 is 17.6 Å². The average Bonchev–Trinajstić information content (AvgIpc) is 2.96. The van der Waals surface area contributed by atoms with Crippen molar-refractivity contribution in [2.45, 2.75) is 33.7 Å². The highest BCUT2D eigenvalue weighted by Crippen LogP contribution is 2.18. The van der Waals surface area contributed by atoms with Gasteiger partial charge in [0.25, 0.3) is 0 Å². The number of ether oxygens (including phenoxy) is 1. The minimum absolute atomic E-state index is 0.120. The third-order valence-corrected chi connectivity index (χ3v) is 3.50. The monoisotopic (exact) mass is 344 g/mol. The molecule has 0 aliphatic carbocycles. The molecular formula is C18H24N4O3. The Morgan fingerprint density at radius 1 is 1.20 bits per heavy atom. The summed E-state index contributed by atoms with van der Waals surface area (Å²) in [5.41, 5.74) is 2.22. The van der Waals surface area contributed by atoms with E-state index >= 15 is 0 Å². The number of aromatic nitrogens is 2. The van der Waals surface area contributed by atoms with Gasteiger partial charge < -0.3 is 15.4 Å². The van der Waals surface area contributed by atoms with Crippen LogP contribution in [0.2, 0.25) is 0 Å². The first-order chi connectivity index (χ1) is 12.0. The van der Waals surface area contributed by atoms with Crippen LogP contribution >= 0.6 is 0 Å². The van der Waals surface area contributed by atoms with Gasteiger partial charge in [-0.25, -0.2) is 0 Å². The second-order valence-electron chi connectivity index (χ2n) is 5.77. The predicted molar refractivity (Wildman–Crippen MR) is 95.6 cm³/mol. The third-order valence-electron chi connectivity index (χ3n) is 3.50. The molecule has 7 heteroatoms. The fraction of sp³-hybridized carbons (Fsp3) is 0.389. The van der Waals surface area contributed by atoms with Crippen molar-refractivity contribution in [3.05, 3.63) is 41.6 Å². The maximum atomic E-state index is 12.0. The van der Waals surface area contributed by atoms with E-state index in [1.807, 2.05) is 39.0 Å². The number of likely N-dealkylation sites (N-methyl/N-ethyl adjacent to an activating group) is 1. The summed E-state index contributed by atoms with van der Waals surface area (Å²) < 4.78 is 7.12. The molecule has 0 fully saturated rings. The quantitative estimate of drug-likeness (QED) is 0.767. The fourth-order valence-corrected chi connectivity index (χ4v) is 2.34. The summed E-state index contributed by atoms with van der Waals surface area (Å²) in [5.74, 6) is 0.892. The molecule has 25 heavy (non-hydrogen) atoms. The number of benzene rings is 1. The first-order valence-electron chi connectivity index (χ1n) is 8.28. The van der Waals surface area contributed by atoms with Gasteiger partial charge in [0, 0.05) is 18.8 Å². The van der Waals surface area contributed by atoms with E-state index in [9.17, 15) is 9.59 Å². The number of carbonyl (C=O) groups excluding carboxylic acids is 2. The topological polar surface area (TPSA) is 85.2 Å². The van der Waals surface area contributed by atoms with Crippen LogP contribution in [0.25, 0.3) is 0 Å². The van der Waals surface area contributed by atoms with Gasteiger partial charge >= 0.3 is 0 Å². The van der Waals surface area contributed by atoms with E-state index in [2.05, 4.69) is 15.7 Å². The Hall–Kier alpha value is -2.83. The van der Waals surface area contributed by atoms with E-state index in [1.165, 1.54) is 10.2 Å². The van der Waals surface area contributed by atoms with E-state index < -0.39 is 0 Å². The summed E-state index contributed by atoms with van der Waals surface area (Å²) in [6, 6.07) is 7.58. The molecule has 1 aromatic heterocycles. The van der Waals surface area contributed by atoms with Crippen LogP contribution in [0, 0.1) is 13.8 Å². The Labute approximate surface area is 147 Å². The van der Waals surface area contributed by atoms with Crippen molar-refractivity contribution in [2.75, 3.05) is 18.5 Å². The average molecular weight is 344 g/mol. The summed E-state index contributed by atoms with van der Waals surface area (Å²) in [7, 11) is 0. The number of anilines is 1. The number of aryl methyl sites for hydroxylation is 2. The Balaban J connectivity index is 1.76. The molecule has 0 bridgehead atoms. The van der Waals surface area contributed by atoms with Crippen molar-refractivity contribution in [3.8, 4) is 5.75 Å². The highest BCUT2D eigenvalue weighted by atomic mass is 16.5. The predicted octanol–water partition coefficient (Wildman–Crippen LogP) is 2.04. The Kier molecular flexibility index (Phi) is 6.56. The molecule has 2 rings (SSSR count). The molecule has 0 saturated heterocycles. The summed E-state index contributed by atoms with van der Waals surface area (Å²) >= 11 is 0. The highest BCUT2D eigenvalue weighted by molar-refractivity contribution is 5.89. The highest BCUT2D eigenvalue weighted by Gasteiger charge is 2.08. The molecule has 0 unspecified atom stereocenters. The number of amides is 2. The van der Waals surface area contributed by atoms with Gasteiger partial charge in [-0.05, 0) is 32.4 Å². The van der Waals surface area contributed by atoms with Gasteiger partial charge in [-0.15, -0.1) is 0 Å². The van der Waals surface area contributed by atoms with Crippen LogP contribution in [-0.2, 0) is 16.1 Å². The largest absolute Gasteiger partial charge is 0.493 e. The molecule has 7 nitrogen and oxygen atoms in total. The maximum Gasteiger partial charge on any atom is 0.241 e. The van der Waals surface area contributed by atoms with Crippen molar-refractivity contribution < 1.29 is 14.3 Å². The van der Waals surface area contributed by atoms with Crippen LogP contribution in [0.5, 0.6) is 5.75 Å². The molecule has 0 atom stereocenters. The van der Waals surface area contributed by atoms with Gasteiger partial charge in [-0.1, -0.05) is 17.7 Å². The van der Waals surface area contributed by atoms with Gasteiger partial charge in [0.1, 0.15) is 12.3 Å². The summed E-state index contributed by atoms with van der Waals surface area (Å²) in [6.07, 6.45) is 1.87. The molecule has 0 radical (unpaired) electrons. The Morgan fingerprint density at radius 3 is 2.72 bits per heavy atom. The van der Waals surface area contributed by atoms with Crippen LogP contribution in [-0.4, -0.2) is 34.7 Å². The second-order valence-corrected chi connectivity index (χ2v) is 5.77. The third kappa shape index (κ3) is 5.95. The number of hydrogen-bond acceptors (Lipinski definition) is 4. The van der Waals surface area contributed by atoms with Crippen molar-refractivity contribution in [3.63, 3.8) is 0 Å². The van der Waals surface area contributed by atoms with E-state index in [0.29, 0.717) is 12.4 Å². The first-order valence-corrected chi connectivity index (χ1v) is 8.28. The van der Waals surface area contributed by atoms with Crippen LogP contribution in [0.1, 0.15) is 24.5 Å². The van der Waals surface area contributed by atoms with Crippen LogP contribution < -0.4 is 15.4 Å². The maximum absolute atomic E-state index is 12.0. The van der Waals surface area contributed by atoms with Crippen molar-refractivity contribution in [2.24, 2.45) is 0 Å². The summed E-state index contributed by atoms with van der Waals surface area (Å²) in [4.78, 5) is 23.4. The molecule has 2 aromatic rings. The smallest absolute Gasteiger partial charge is 0.241 e. The lowest BCUT2D eigenvalue weighted by atomic mass is 10.1. The molecule has 0 aliphatic heterocycles. The number of rotatable bonds is 8. The molecule has 2 amide bonds. The van der Waals surface area contributed by atoms with E-state index in [-0.39, 0.29) is 31.4 Å². The van der Waals surface area contributed by atoms with Crippen LogP contribution in [0.4, 0.5) is 5.82 Å². The minimum Gasteiger partial charge on any atom is -0.493 e. The standard InChI is InChI=1S/C18H24N4O3/c1-4-19-18(24)12-22-9-7-16(21-22)20-17(23)8-10-25-15-6-5-13(2)11-14(15)3/h5-7,9,11H,4,8,10,12H2,1-3H3,(H,19,24)(H,20,21,23). The van der Waals surface area contributed by atoms with Crippen molar-refractivity contribution in [1.82, 2.24) is 15.1 Å². The van der Waals surface area contributed by atoms with E-state index in [0.717, 1.165) is 11.3 Å². The van der Waals surface area contributed by atoms with Crippen LogP contribution in [0.15, 0.2) is 30.5 Å². The van der Waals surface area contributed by atoms with E-state index in [1.54, 1.807) is 12.3 Å². The first kappa shape index (κ1) is 18.5. The molecule has 1 heterocycles. The number of hydrogen-bond donors (Lipinski definition) is 2. The number of nitrogens with zero attached hydrogens (tertiary/aromatic N) is 2. The van der Waals surface area contributed by atoms with Gasteiger partial charge in [-0.3, -0.25) is 14.3 Å². The lowest BCUT2D eigenvalue weighted by Gasteiger charge is -2.09. The normalized spacial score (nSPS) is 10.4. The fourth-order valence-electron chi connectivity index (χ4n) is 2.34. The molecular weight excluding hydrogens is 320 g/mol. The zero-order valence-electron chi connectivity index (χ0n) is 14.8. The minimum atomic E-state index is -0.187. The zero-order chi connectivity index (χ0) is 18.2. The number of nitrogens with one attached hydrogen (secondary N) is 2. The van der Waals surface area contributed by atoms with Gasteiger partial charge in [0.05, 0.1) is 13.0 Å². The van der Waals surface area contributed by atoms with Crippen molar-refractivity contribution in [1.29, 1.82) is 0 Å². The second kappa shape index (κ2) is 8.86. The molecule has 0 saturated carbocycles. The Morgan fingerprint density at radius 2 is 2.00 bits per heavy atom. The molecule has 1 aromatic carbocycles. The molecule has 0 spiro atoms. The SMILES string of the molecule is CCNC(=O)Cn1ccc(NC(=O)CCOc2ccc(C)cc2C)n1. The lowest BCUT2D eigenvalue weighted by molar-refractivity contribution is -0.121. The van der Waals surface area contributed by atoms with Gasteiger partial charge in [0.2, 0.25) is 11.8 Å². The number of carbonyl (C=O) groups is 2. The lowest BCUT2D eigenvalue weighted by Crippen LogP contribution is -2.27. The molecule has 134 valence electrons. The zero-order valence-corrected chi connectivity index (χ0v) is 14.8. The van der Waals surface area contributed by atoms with Gasteiger partial charge in [-0.2, -0.15) is 5.10 Å². The molecule has 0 aliphatic rings.